The van der Waals surface area contributed by atoms with Crippen LogP contribution in [-0.2, 0) is 98.1 Å². The molecule has 171 valence electrons. The summed E-state index contributed by atoms with van der Waals surface area (Å²) in [6.45, 7) is 38.8. The van der Waals surface area contributed by atoms with Crippen LogP contribution in [0.3, 0.4) is 0 Å². The van der Waals surface area contributed by atoms with Crippen LogP contribution in [0.15, 0.2) is 0 Å². The van der Waals surface area contributed by atoms with Gasteiger partial charge in [-0.15, -0.1) is 0 Å². The van der Waals surface area contributed by atoms with Crippen molar-refractivity contribution in [2.45, 2.75) is 124 Å². The monoisotopic (exact) mass is 635 g/mol. The first kappa shape index (κ1) is 45.8. The van der Waals surface area contributed by atoms with E-state index in [4.69, 9.17) is 0 Å². The van der Waals surface area contributed by atoms with Crippen molar-refractivity contribution in [3.8, 4) is 0 Å². The second kappa shape index (κ2) is 19.6. The molecule has 0 amide bonds. The molecule has 3 heteroatoms. The van der Waals surface area contributed by atoms with Gasteiger partial charge in [-0.05, 0) is 28.6 Å². The second-order valence-electron chi connectivity index (χ2n) is 12.6. The van der Waals surface area contributed by atoms with Gasteiger partial charge in [0.05, 0.1) is 0 Å². The zero-order valence-corrected chi connectivity index (χ0v) is 32.2. The molecule has 0 aromatic carbocycles. The first-order chi connectivity index (χ1) is 11.1. The van der Waals surface area contributed by atoms with Crippen molar-refractivity contribution < 1.29 is 98.1 Å². The summed E-state index contributed by atoms with van der Waals surface area (Å²) in [5, 5.41) is 0. The largest absolute Gasteiger partial charge is 0.335 e. The minimum atomic E-state index is 0. The van der Waals surface area contributed by atoms with Crippen LogP contribution in [0.25, 0.3) is 0 Å². The molecule has 0 heterocycles. The molecule has 0 N–H and O–H groups in total. The summed E-state index contributed by atoms with van der Waals surface area (Å²) in [5.41, 5.74) is 1.72. The predicted molar refractivity (Wildman–Crippen MR) is 125 cm³/mol. The van der Waals surface area contributed by atoms with Gasteiger partial charge in [-0.2, -0.15) is 33.6 Å². The number of hydrogen-bond donors (Lipinski definition) is 0. The van der Waals surface area contributed by atoms with Crippen LogP contribution in [0.1, 0.15) is 124 Å². The molecular formula is C26H56Y3-2. The van der Waals surface area contributed by atoms with Crippen molar-refractivity contribution in [3.05, 3.63) is 12.3 Å². The fraction of sp³-hybridized carbons (Fsp3) is 0.923. The van der Waals surface area contributed by atoms with Crippen molar-refractivity contribution in [1.29, 1.82) is 0 Å². The molecule has 0 rings (SSSR count). The van der Waals surface area contributed by atoms with E-state index in [-0.39, 0.29) is 98.1 Å². The first-order valence-corrected chi connectivity index (χ1v) is 10.7. The second-order valence-corrected chi connectivity index (χ2v) is 12.6. The Hall–Kier alpha value is 3.31. The van der Waals surface area contributed by atoms with E-state index in [1.807, 2.05) is 20.3 Å². The summed E-state index contributed by atoms with van der Waals surface area (Å²) in [5.74, 6) is 3.01. The Labute approximate surface area is 264 Å². The molecule has 0 aromatic heterocycles. The maximum absolute atomic E-state index is 2.41. The summed E-state index contributed by atoms with van der Waals surface area (Å²) in [6, 6.07) is 0. The third-order valence-electron chi connectivity index (χ3n) is 5.62. The van der Waals surface area contributed by atoms with Crippen molar-refractivity contribution >= 4 is 0 Å². The summed E-state index contributed by atoms with van der Waals surface area (Å²) < 4.78 is 0. The standard InChI is InChI=1S/C14H30.C9H19.C3H7.3Y/c1-11(13(5,6)7)14(8,9)10-12(2,3)4;1-7(2)8(3)9(4,5)6;1-3-2;;;/h11H,10H2,1-9H3;8H,1-6H3;3H,1-2H3;;;/q;2*-1;;;. The van der Waals surface area contributed by atoms with E-state index >= 15 is 0 Å². The third kappa shape index (κ3) is 27.4. The molecule has 0 nitrogen and oxygen atoms in total. The third-order valence-corrected chi connectivity index (χ3v) is 5.62. The Morgan fingerprint density at radius 3 is 1.03 bits per heavy atom. The molecule has 3 radical (unpaired) electrons. The average Bonchev–Trinajstić information content (AvgIpc) is 2.33. The van der Waals surface area contributed by atoms with Crippen molar-refractivity contribution in [2.75, 3.05) is 0 Å². The SMILES string of the molecule is CC(C(C)(C)C)C(C)(C)CC(C)(C)C.C[C-](C)C(C)C(C)(C)C.C[CH-]C.[Y].[Y].[Y]. The zero-order chi connectivity index (χ0) is 22.1. The molecule has 0 aromatic rings. The van der Waals surface area contributed by atoms with Crippen LogP contribution in [0.2, 0.25) is 0 Å². The molecule has 2 atom stereocenters. The fourth-order valence-corrected chi connectivity index (χ4v) is 3.56. The van der Waals surface area contributed by atoms with E-state index in [1.54, 1.807) is 0 Å². The summed E-state index contributed by atoms with van der Waals surface area (Å²) in [4.78, 5) is 0. The molecule has 0 spiro atoms. The fourth-order valence-electron chi connectivity index (χ4n) is 3.56. The van der Waals surface area contributed by atoms with Crippen LogP contribution >= 0.6 is 0 Å². The minimum absolute atomic E-state index is 0. The van der Waals surface area contributed by atoms with Crippen LogP contribution in [0, 0.1) is 45.8 Å². The maximum Gasteiger partial charge on any atom is 0 e. The molecule has 0 bridgehead atoms. The molecule has 29 heavy (non-hydrogen) atoms. The van der Waals surface area contributed by atoms with E-state index in [2.05, 4.69) is 104 Å². The average molecular weight is 635 g/mol. The van der Waals surface area contributed by atoms with Gasteiger partial charge in [0.1, 0.15) is 0 Å². The summed E-state index contributed by atoms with van der Waals surface area (Å²) in [7, 11) is 0. The number of rotatable bonds is 3. The van der Waals surface area contributed by atoms with E-state index in [0.717, 1.165) is 11.8 Å². The molecule has 0 aliphatic heterocycles. The van der Waals surface area contributed by atoms with Gasteiger partial charge in [0, 0.05) is 98.1 Å². The molecule has 0 fully saturated rings. The van der Waals surface area contributed by atoms with E-state index in [1.165, 1.54) is 12.3 Å². The molecular weight excluding hydrogens is 579 g/mol. The molecule has 0 aliphatic carbocycles. The quantitative estimate of drug-likeness (QED) is 0.271. The van der Waals surface area contributed by atoms with Crippen LogP contribution in [0.5, 0.6) is 0 Å². The molecule has 0 aliphatic rings. The summed E-state index contributed by atoms with van der Waals surface area (Å²) in [6.07, 6.45) is 3.29. The Morgan fingerprint density at radius 2 is 0.931 bits per heavy atom. The van der Waals surface area contributed by atoms with Gasteiger partial charge >= 0.3 is 0 Å². The van der Waals surface area contributed by atoms with Crippen molar-refractivity contribution in [2.24, 2.45) is 33.5 Å². The van der Waals surface area contributed by atoms with E-state index in [0.29, 0.717) is 21.7 Å². The Balaban J connectivity index is -0.0000000773. The number of hydrogen-bond acceptors (Lipinski definition) is 0. The Kier molecular flexibility index (Phi) is 30.9. The van der Waals surface area contributed by atoms with Crippen LogP contribution < -0.4 is 0 Å². The van der Waals surface area contributed by atoms with Crippen molar-refractivity contribution in [3.63, 3.8) is 0 Å². The normalized spacial score (nSPS) is 13.9. The van der Waals surface area contributed by atoms with E-state index < -0.39 is 0 Å². The van der Waals surface area contributed by atoms with E-state index in [9.17, 15) is 0 Å². The predicted octanol–water partition coefficient (Wildman–Crippen LogP) is 9.64. The Morgan fingerprint density at radius 1 is 0.655 bits per heavy atom. The van der Waals surface area contributed by atoms with Gasteiger partial charge in [-0.1, -0.05) is 95.4 Å². The van der Waals surface area contributed by atoms with Gasteiger partial charge in [0.25, 0.3) is 0 Å². The van der Waals surface area contributed by atoms with Crippen molar-refractivity contribution in [1.82, 2.24) is 0 Å². The van der Waals surface area contributed by atoms with Gasteiger partial charge < -0.3 is 12.3 Å². The maximum atomic E-state index is 2.41. The van der Waals surface area contributed by atoms with Gasteiger partial charge in [0.15, 0.2) is 0 Å². The van der Waals surface area contributed by atoms with Gasteiger partial charge in [-0.3, -0.25) is 0 Å². The van der Waals surface area contributed by atoms with Gasteiger partial charge in [0.2, 0.25) is 0 Å². The molecule has 0 saturated heterocycles. The Bertz CT molecular complexity index is 338. The molecule has 2 unspecified atom stereocenters. The topological polar surface area (TPSA) is 0 Å². The van der Waals surface area contributed by atoms with Gasteiger partial charge in [-0.25, -0.2) is 0 Å². The molecule has 0 saturated carbocycles. The summed E-state index contributed by atoms with van der Waals surface area (Å²) >= 11 is 0. The smallest absolute Gasteiger partial charge is 0 e. The zero-order valence-electron chi connectivity index (χ0n) is 23.7. The first-order valence-electron chi connectivity index (χ1n) is 10.7. The minimum Gasteiger partial charge on any atom is -0.335 e. The van der Waals surface area contributed by atoms with Crippen LogP contribution in [-0.4, -0.2) is 0 Å². The van der Waals surface area contributed by atoms with Crippen LogP contribution in [0.4, 0.5) is 0 Å².